The third kappa shape index (κ3) is 5.00. The van der Waals surface area contributed by atoms with E-state index < -0.39 is 0 Å². The molecule has 18 heavy (non-hydrogen) atoms. The predicted molar refractivity (Wildman–Crippen MR) is 69.2 cm³/mol. The van der Waals surface area contributed by atoms with Crippen molar-refractivity contribution >= 4 is 5.91 Å². The minimum Gasteiger partial charge on any atom is -0.384 e. The van der Waals surface area contributed by atoms with Crippen molar-refractivity contribution in [2.45, 2.75) is 6.92 Å². The number of aliphatic hydroxyl groups excluding tert-OH is 1. The van der Waals surface area contributed by atoms with Crippen molar-refractivity contribution in [1.82, 2.24) is 5.32 Å². The van der Waals surface area contributed by atoms with Gasteiger partial charge in [-0.25, -0.2) is 0 Å². The minimum atomic E-state index is -0.167. The van der Waals surface area contributed by atoms with Crippen LogP contribution in [0.25, 0.3) is 0 Å². The number of benzene rings is 1. The van der Waals surface area contributed by atoms with Gasteiger partial charge in [0.05, 0.1) is 6.61 Å². The van der Waals surface area contributed by atoms with Gasteiger partial charge in [0.15, 0.2) is 0 Å². The van der Waals surface area contributed by atoms with Gasteiger partial charge in [-0.3, -0.25) is 4.79 Å². The second kappa shape index (κ2) is 8.29. The molecule has 4 nitrogen and oxygen atoms in total. The summed E-state index contributed by atoms with van der Waals surface area (Å²) >= 11 is 0. The summed E-state index contributed by atoms with van der Waals surface area (Å²) < 4.78 is 5.13. The van der Waals surface area contributed by atoms with E-state index in [1.165, 1.54) is 0 Å². The SMILES string of the molecule is CCOCCNC(=O)c1ccc(C#CCO)cc1. The summed E-state index contributed by atoms with van der Waals surface area (Å²) in [4.78, 5) is 11.7. The van der Waals surface area contributed by atoms with Crippen molar-refractivity contribution in [2.24, 2.45) is 0 Å². The quantitative estimate of drug-likeness (QED) is 0.597. The fourth-order valence-electron chi connectivity index (χ4n) is 1.33. The number of carbonyl (C=O) groups is 1. The number of carbonyl (C=O) groups excluding carboxylic acids is 1. The van der Waals surface area contributed by atoms with Gasteiger partial charge in [0, 0.05) is 24.3 Å². The zero-order valence-corrected chi connectivity index (χ0v) is 10.4. The van der Waals surface area contributed by atoms with Crippen molar-refractivity contribution in [1.29, 1.82) is 0 Å². The molecule has 0 spiro atoms. The van der Waals surface area contributed by atoms with Gasteiger partial charge in [-0.05, 0) is 31.2 Å². The van der Waals surface area contributed by atoms with E-state index in [1.54, 1.807) is 24.3 Å². The van der Waals surface area contributed by atoms with Crippen LogP contribution in [0.4, 0.5) is 0 Å². The molecule has 0 saturated heterocycles. The van der Waals surface area contributed by atoms with Gasteiger partial charge in [0.2, 0.25) is 0 Å². The zero-order valence-electron chi connectivity index (χ0n) is 10.4. The van der Waals surface area contributed by atoms with Gasteiger partial charge in [-0.1, -0.05) is 11.8 Å². The Morgan fingerprint density at radius 2 is 2.11 bits per heavy atom. The Balaban J connectivity index is 2.48. The lowest BCUT2D eigenvalue weighted by atomic mass is 10.1. The van der Waals surface area contributed by atoms with Gasteiger partial charge in [0.1, 0.15) is 6.61 Å². The van der Waals surface area contributed by atoms with E-state index in [-0.39, 0.29) is 12.5 Å². The Morgan fingerprint density at radius 3 is 2.72 bits per heavy atom. The van der Waals surface area contributed by atoms with Crippen LogP contribution in [-0.4, -0.2) is 37.4 Å². The highest BCUT2D eigenvalue weighted by Gasteiger charge is 2.03. The normalized spacial score (nSPS) is 9.44. The number of ether oxygens (including phenoxy) is 1. The van der Waals surface area contributed by atoms with Crippen molar-refractivity contribution in [3.8, 4) is 11.8 Å². The molecule has 0 fully saturated rings. The second-order valence-electron chi connectivity index (χ2n) is 3.49. The lowest BCUT2D eigenvalue weighted by Crippen LogP contribution is -2.27. The fourth-order valence-corrected chi connectivity index (χ4v) is 1.33. The first-order chi connectivity index (χ1) is 8.77. The number of rotatable bonds is 5. The van der Waals surface area contributed by atoms with Crippen LogP contribution in [0.1, 0.15) is 22.8 Å². The summed E-state index contributed by atoms with van der Waals surface area (Å²) in [5, 5.41) is 11.3. The van der Waals surface area contributed by atoms with Gasteiger partial charge < -0.3 is 15.2 Å². The molecule has 0 radical (unpaired) electrons. The molecule has 96 valence electrons. The molecule has 1 amide bonds. The predicted octanol–water partition coefficient (Wildman–Crippen LogP) is 0.797. The molecule has 0 aliphatic heterocycles. The average molecular weight is 247 g/mol. The third-order valence-electron chi connectivity index (χ3n) is 2.19. The molecular weight excluding hydrogens is 230 g/mol. The van der Waals surface area contributed by atoms with Crippen LogP contribution < -0.4 is 5.32 Å². The molecule has 0 unspecified atom stereocenters. The monoisotopic (exact) mass is 247 g/mol. The Hall–Kier alpha value is -1.83. The highest BCUT2D eigenvalue weighted by Crippen LogP contribution is 2.03. The molecule has 0 aromatic heterocycles. The van der Waals surface area contributed by atoms with Crippen LogP contribution in [-0.2, 0) is 4.74 Å². The maximum Gasteiger partial charge on any atom is 0.251 e. The van der Waals surface area contributed by atoms with Gasteiger partial charge in [0.25, 0.3) is 5.91 Å². The lowest BCUT2D eigenvalue weighted by molar-refractivity contribution is 0.0922. The van der Waals surface area contributed by atoms with E-state index in [1.807, 2.05) is 6.92 Å². The third-order valence-corrected chi connectivity index (χ3v) is 2.19. The largest absolute Gasteiger partial charge is 0.384 e. The Labute approximate surface area is 107 Å². The first-order valence-corrected chi connectivity index (χ1v) is 5.83. The van der Waals surface area contributed by atoms with E-state index in [2.05, 4.69) is 17.2 Å². The van der Waals surface area contributed by atoms with Gasteiger partial charge in [-0.2, -0.15) is 0 Å². The number of hydrogen-bond donors (Lipinski definition) is 2. The molecule has 1 aromatic rings. The van der Waals surface area contributed by atoms with E-state index in [4.69, 9.17) is 9.84 Å². The number of nitrogens with one attached hydrogen (secondary N) is 1. The highest BCUT2D eigenvalue weighted by molar-refractivity contribution is 5.94. The van der Waals surface area contributed by atoms with Crippen LogP contribution in [0.5, 0.6) is 0 Å². The second-order valence-corrected chi connectivity index (χ2v) is 3.49. The molecule has 0 bridgehead atoms. The molecule has 4 heteroatoms. The number of hydrogen-bond acceptors (Lipinski definition) is 3. The zero-order chi connectivity index (χ0) is 13.2. The molecule has 0 saturated carbocycles. The van der Waals surface area contributed by atoms with Gasteiger partial charge >= 0.3 is 0 Å². The molecule has 0 atom stereocenters. The van der Waals surface area contributed by atoms with Crippen molar-refractivity contribution in [2.75, 3.05) is 26.4 Å². The number of amides is 1. The summed E-state index contributed by atoms with van der Waals surface area (Å²) in [7, 11) is 0. The van der Waals surface area contributed by atoms with Crippen molar-refractivity contribution in [3.05, 3.63) is 35.4 Å². The topological polar surface area (TPSA) is 58.6 Å². The first-order valence-electron chi connectivity index (χ1n) is 5.83. The fraction of sp³-hybridized carbons (Fsp3) is 0.357. The maximum absolute atomic E-state index is 11.7. The summed E-state index contributed by atoms with van der Waals surface area (Å²) in [6.07, 6.45) is 0. The van der Waals surface area contributed by atoms with E-state index in [0.29, 0.717) is 25.3 Å². The molecule has 1 rings (SSSR count). The lowest BCUT2D eigenvalue weighted by Gasteiger charge is -2.05. The molecular formula is C14H17NO3. The number of aliphatic hydroxyl groups is 1. The van der Waals surface area contributed by atoms with Crippen molar-refractivity contribution in [3.63, 3.8) is 0 Å². The standard InChI is InChI=1S/C14H17NO3/c1-2-18-11-9-15-14(17)13-7-5-12(6-8-13)4-3-10-16/h5-8,16H,2,9-11H2,1H3,(H,15,17). The average Bonchev–Trinajstić information content (AvgIpc) is 2.41. The van der Waals surface area contributed by atoms with Crippen molar-refractivity contribution < 1.29 is 14.6 Å². The van der Waals surface area contributed by atoms with Crippen LogP contribution >= 0.6 is 0 Å². The maximum atomic E-state index is 11.7. The Morgan fingerprint density at radius 1 is 1.39 bits per heavy atom. The summed E-state index contributed by atoms with van der Waals surface area (Å²) in [6.45, 7) is 3.41. The molecule has 2 N–H and O–H groups in total. The summed E-state index contributed by atoms with van der Waals surface area (Å²) in [5.41, 5.74) is 1.36. The smallest absolute Gasteiger partial charge is 0.251 e. The van der Waals surface area contributed by atoms with E-state index in [9.17, 15) is 4.79 Å². The van der Waals surface area contributed by atoms with Crippen LogP contribution in [0.3, 0.4) is 0 Å². The molecule has 0 aliphatic carbocycles. The van der Waals surface area contributed by atoms with E-state index >= 15 is 0 Å². The van der Waals surface area contributed by atoms with E-state index in [0.717, 1.165) is 5.56 Å². The molecule has 1 aromatic carbocycles. The Kier molecular flexibility index (Phi) is 6.55. The van der Waals surface area contributed by atoms with Crippen LogP contribution in [0.15, 0.2) is 24.3 Å². The first kappa shape index (κ1) is 14.2. The van der Waals surface area contributed by atoms with Gasteiger partial charge in [-0.15, -0.1) is 0 Å². The Bertz CT molecular complexity index is 429. The summed E-state index contributed by atoms with van der Waals surface area (Å²) in [6, 6.07) is 6.91. The van der Waals surface area contributed by atoms with Crippen LogP contribution in [0, 0.1) is 11.8 Å². The minimum absolute atomic E-state index is 0.128. The summed E-state index contributed by atoms with van der Waals surface area (Å²) in [5.74, 6) is 5.19. The highest BCUT2D eigenvalue weighted by atomic mass is 16.5. The molecule has 0 aliphatic rings. The molecule has 0 heterocycles. The van der Waals surface area contributed by atoms with Crippen LogP contribution in [0.2, 0.25) is 0 Å².